The molecule has 0 atom stereocenters. The van der Waals surface area contributed by atoms with Crippen LogP contribution in [0.1, 0.15) is 35.2 Å². The number of benzene rings is 2. The van der Waals surface area contributed by atoms with E-state index in [9.17, 15) is 13.2 Å². The van der Waals surface area contributed by atoms with E-state index in [1.54, 1.807) is 24.3 Å². The summed E-state index contributed by atoms with van der Waals surface area (Å²) in [7, 11) is -3.66. The molecule has 0 radical (unpaired) electrons. The number of anilines is 1. The van der Waals surface area contributed by atoms with Crippen LogP contribution in [0.4, 0.5) is 5.69 Å². The number of hydrogen-bond acceptors (Lipinski definition) is 3. The molecule has 1 fully saturated rings. The van der Waals surface area contributed by atoms with E-state index in [-0.39, 0.29) is 10.8 Å². The second-order valence-electron chi connectivity index (χ2n) is 6.98. The molecule has 2 aliphatic rings. The third-order valence-electron chi connectivity index (χ3n) is 5.20. The Labute approximate surface area is 164 Å². The number of nitrogens with zero attached hydrogens (tertiary/aromatic N) is 2. The first-order chi connectivity index (χ1) is 13.0. The van der Waals surface area contributed by atoms with Crippen molar-refractivity contribution in [1.82, 2.24) is 4.90 Å². The molecular formula is C20H21ClN2O3S. The first-order valence-electron chi connectivity index (χ1n) is 9.17. The number of carbonyl (C=O) groups excluding carboxylic acids is 1. The quantitative estimate of drug-likeness (QED) is 0.783. The van der Waals surface area contributed by atoms with Crippen LogP contribution >= 0.6 is 11.6 Å². The Morgan fingerprint density at radius 2 is 1.63 bits per heavy atom. The first kappa shape index (κ1) is 18.3. The van der Waals surface area contributed by atoms with Crippen molar-refractivity contribution < 1.29 is 13.2 Å². The fraction of sp³-hybridized carbons (Fsp3) is 0.350. The summed E-state index contributed by atoms with van der Waals surface area (Å²) in [6, 6.07) is 11.6. The van der Waals surface area contributed by atoms with E-state index in [2.05, 4.69) is 0 Å². The van der Waals surface area contributed by atoms with Crippen LogP contribution in [-0.4, -0.2) is 38.9 Å². The molecular weight excluding hydrogens is 384 g/mol. The highest BCUT2D eigenvalue weighted by Crippen LogP contribution is 2.33. The molecule has 7 heteroatoms. The zero-order valence-corrected chi connectivity index (χ0v) is 16.5. The number of likely N-dealkylation sites (tertiary alicyclic amines) is 1. The van der Waals surface area contributed by atoms with Crippen molar-refractivity contribution in [2.45, 2.75) is 30.6 Å². The molecule has 2 heterocycles. The summed E-state index contributed by atoms with van der Waals surface area (Å²) < 4.78 is 27.6. The molecule has 1 saturated heterocycles. The predicted molar refractivity (Wildman–Crippen MR) is 106 cm³/mol. The minimum Gasteiger partial charge on any atom is -0.339 e. The second kappa shape index (κ2) is 7.17. The number of amides is 1. The van der Waals surface area contributed by atoms with Crippen LogP contribution in [0, 0.1) is 0 Å². The molecule has 0 N–H and O–H groups in total. The molecule has 2 aromatic carbocycles. The van der Waals surface area contributed by atoms with Gasteiger partial charge in [0.2, 0.25) is 0 Å². The van der Waals surface area contributed by atoms with E-state index in [1.165, 1.54) is 16.4 Å². The predicted octanol–water partition coefficient (Wildman–Crippen LogP) is 3.72. The van der Waals surface area contributed by atoms with Crippen LogP contribution in [0.5, 0.6) is 0 Å². The van der Waals surface area contributed by atoms with Gasteiger partial charge in [-0.1, -0.05) is 11.6 Å². The first-order valence-corrected chi connectivity index (χ1v) is 11.0. The molecule has 142 valence electrons. The van der Waals surface area contributed by atoms with Gasteiger partial charge in [-0.25, -0.2) is 8.42 Å². The summed E-state index contributed by atoms with van der Waals surface area (Å²) in [6.07, 6.45) is 3.58. The fourth-order valence-electron chi connectivity index (χ4n) is 3.78. The molecule has 0 spiro atoms. The summed E-state index contributed by atoms with van der Waals surface area (Å²) in [5.74, 6) is 0.0352. The maximum absolute atomic E-state index is 13.1. The van der Waals surface area contributed by atoms with Crippen molar-refractivity contribution in [1.29, 1.82) is 0 Å². The topological polar surface area (TPSA) is 57.7 Å². The average molecular weight is 405 g/mol. The van der Waals surface area contributed by atoms with E-state index in [0.717, 1.165) is 44.3 Å². The summed E-state index contributed by atoms with van der Waals surface area (Å²) in [5, 5.41) is 0.498. The smallest absolute Gasteiger partial charge is 0.264 e. The molecule has 0 bridgehead atoms. The standard InChI is InChI=1S/C20H21ClN2O3S/c21-17-6-8-18(9-7-17)27(25,26)23-13-3-4-15-14-16(5-10-19(15)23)20(24)22-11-1-2-12-22/h5-10,14H,1-4,11-13H2. The minimum atomic E-state index is -3.66. The Morgan fingerprint density at radius 3 is 2.33 bits per heavy atom. The lowest BCUT2D eigenvalue weighted by molar-refractivity contribution is 0.0792. The largest absolute Gasteiger partial charge is 0.339 e. The molecule has 0 aromatic heterocycles. The SMILES string of the molecule is O=C(c1ccc2c(c1)CCCN2S(=O)(=O)c1ccc(Cl)cc1)N1CCCC1. The van der Waals surface area contributed by atoms with Crippen molar-refractivity contribution in [3.8, 4) is 0 Å². The highest BCUT2D eigenvalue weighted by molar-refractivity contribution is 7.92. The summed E-state index contributed by atoms with van der Waals surface area (Å²) >= 11 is 5.89. The third-order valence-corrected chi connectivity index (χ3v) is 7.28. The van der Waals surface area contributed by atoms with Crippen LogP contribution in [0.3, 0.4) is 0 Å². The van der Waals surface area contributed by atoms with E-state index < -0.39 is 10.0 Å². The van der Waals surface area contributed by atoms with Crippen LogP contribution in [0.25, 0.3) is 0 Å². The molecule has 27 heavy (non-hydrogen) atoms. The maximum Gasteiger partial charge on any atom is 0.264 e. The Bertz CT molecular complexity index is 967. The van der Waals surface area contributed by atoms with Gasteiger partial charge in [0, 0.05) is 30.2 Å². The lowest BCUT2D eigenvalue weighted by Crippen LogP contribution is -2.35. The van der Waals surface area contributed by atoms with Gasteiger partial charge in [-0.3, -0.25) is 9.10 Å². The van der Waals surface area contributed by atoms with Gasteiger partial charge in [-0.05, 0) is 73.7 Å². The lowest BCUT2D eigenvalue weighted by atomic mass is 10.0. The number of fused-ring (bicyclic) bond motifs is 1. The lowest BCUT2D eigenvalue weighted by Gasteiger charge is -2.31. The van der Waals surface area contributed by atoms with E-state index in [0.29, 0.717) is 22.8 Å². The number of rotatable bonds is 3. The molecule has 2 aromatic rings. The molecule has 0 saturated carbocycles. The van der Waals surface area contributed by atoms with Crippen molar-refractivity contribution in [2.75, 3.05) is 23.9 Å². The normalized spacial score (nSPS) is 17.1. The van der Waals surface area contributed by atoms with Crippen LogP contribution < -0.4 is 4.31 Å². The Morgan fingerprint density at radius 1 is 0.926 bits per heavy atom. The van der Waals surface area contributed by atoms with Gasteiger partial charge in [0.05, 0.1) is 10.6 Å². The monoisotopic (exact) mass is 404 g/mol. The van der Waals surface area contributed by atoms with E-state index >= 15 is 0 Å². The minimum absolute atomic E-state index is 0.0352. The molecule has 4 rings (SSSR count). The van der Waals surface area contributed by atoms with Crippen LogP contribution in [0.15, 0.2) is 47.4 Å². The Hall–Kier alpha value is -2.05. The van der Waals surface area contributed by atoms with Gasteiger partial charge >= 0.3 is 0 Å². The van der Waals surface area contributed by atoms with Crippen LogP contribution in [0.2, 0.25) is 5.02 Å². The Balaban J connectivity index is 1.67. The molecule has 2 aliphatic heterocycles. The molecule has 0 aliphatic carbocycles. The van der Waals surface area contributed by atoms with Crippen LogP contribution in [-0.2, 0) is 16.4 Å². The number of carbonyl (C=O) groups is 1. The molecule has 1 amide bonds. The summed E-state index contributed by atoms with van der Waals surface area (Å²) in [5.41, 5.74) is 2.21. The number of sulfonamides is 1. The second-order valence-corrected chi connectivity index (χ2v) is 9.28. The number of aryl methyl sites for hydroxylation is 1. The zero-order chi connectivity index (χ0) is 19.0. The molecule has 5 nitrogen and oxygen atoms in total. The number of halogens is 1. The Kier molecular flexibility index (Phi) is 4.86. The molecule has 0 unspecified atom stereocenters. The van der Waals surface area contributed by atoms with Gasteiger partial charge < -0.3 is 4.90 Å². The van der Waals surface area contributed by atoms with Crippen molar-refractivity contribution in [3.63, 3.8) is 0 Å². The zero-order valence-electron chi connectivity index (χ0n) is 14.9. The van der Waals surface area contributed by atoms with Gasteiger partial charge in [0.25, 0.3) is 15.9 Å². The van der Waals surface area contributed by atoms with Crippen molar-refractivity contribution in [2.24, 2.45) is 0 Å². The highest BCUT2D eigenvalue weighted by atomic mass is 35.5. The maximum atomic E-state index is 13.1. The van der Waals surface area contributed by atoms with Gasteiger partial charge in [0.15, 0.2) is 0 Å². The summed E-state index contributed by atoms with van der Waals surface area (Å²) in [6.45, 7) is 2.03. The van der Waals surface area contributed by atoms with Crippen molar-refractivity contribution >= 4 is 33.2 Å². The van der Waals surface area contributed by atoms with E-state index in [1.807, 2.05) is 11.0 Å². The highest BCUT2D eigenvalue weighted by Gasteiger charge is 2.30. The fourth-order valence-corrected chi connectivity index (χ4v) is 5.45. The number of hydrogen-bond donors (Lipinski definition) is 0. The van der Waals surface area contributed by atoms with E-state index in [4.69, 9.17) is 11.6 Å². The van der Waals surface area contributed by atoms with Gasteiger partial charge in [-0.2, -0.15) is 0 Å². The third kappa shape index (κ3) is 3.44. The average Bonchev–Trinajstić information content (AvgIpc) is 3.21. The summed E-state index contributed by atoms with van der Waals surface area (Å²) in [4.78, 5) is 14.7. The van der Waals surface area contributed by atoms with Gasteiger partial charge in [0.1, 0.15) is 0 Å². The van der Waals surface area contributed by atoms with Crippen molar-refractivity contribution in [3.05, 3.63) is 58.6 Å². The van der Waals surface area contributed by atoms with Gasteiger partial charge in [-0.15, -0.1) is 0 Å².